The molecule has 7 rings (SSSR count). The van der Waals surface area contributed by atoms with Crippen molar-refractivity contribution in [2.24, 2.45) is 0 Å². The number of amides is 2. The van der Waals surface area contributed by atoms with E-state index >= 15 is 0 Å². The second kappa shape index (κ2) is 9.85. The Balaban J connectivity index is 1.17. The van der Waals surface area contributed by atoms with Crippen LogP contribution in [0, 0.1) is 0 Å². The highest BCUT2D eigenvalue weighted by Gasteiger charge is 2.30. The molecule has 1 fully saturated rings. The van der Waals surface area contributed by atoms with Crippen LogP contribution in [-0.4, -0.2) is 42.5 Å². The summed E-state index contributed by atoms with van der Waals surface area (Å²) >= 11 is 1.51. The highest BCUT2D eigenvalue weighted by Crippen LogP contribution is 2.42. The quantitative estimate of drug-likeness (QED) is 0.383. The van der Waals surface area contributed by atoms with Gasteiger partial charge in [-0.3, -0.25) is 9.59 Å². The number of aromatic nitrogens is 1. The van der Waals surface area contributed by atoms with Crippen molar-refractivity contribution in [2.75, 3.05) is 29.5 Å². The third-order valence-corrected chi connectivity index (χ3v) is 8.67. The number of benzene rings is 2. The fourth-order valence-corrected chi connectivity index (χ4v) is 6.43. The summed E-state index contributed by atoms with van der Waals surface area (Å²) in [6.45, 7) is 2.42. The van der Waals surface area contributed by atoms with Crippen molar-refractivity contribution in [3.8, 4) is 16.2 Å². The van der Waals surface area contributed by atoms with Gasteiger partial charge in [0.15, 0.2) is 0 Å². The van der Waals surface area contributed by atoms with Crippen molar-refractivity contribution < 1.29 is 14.3 Å². The van der Waals surface area contributed by atoms with E-state index in [1.165, 1.54) is 11.3 Å². The fourth-order valence-electron chi connectivity index (χ4n) is 5.28. The Labute approximate surface area is 231 Å². The second-order valence-electron chi connectivity index (χ2n) is 10.2. The minimum Gasteiger partial charge on any atom is -0.491 e. The number of fused-ring (bicyclic) bond motifs is 4. The number of hydrogen-bond donors (Lipinski definition) is 1. The normalized spacial score (nSPS) is 16.2. The zero-order valence-electron chi connectivity index (χ0n) is 21.4. The Morgan fingerprint density at radius 2 is 1.79 bits per heavy atom. The third kappa shape index (κ3) is 4.65. The minimum absolute atomic E-state index is 0.00328. The van der Waals surface area contributed by atoms with Crippen molar-refractivity contribution in [1.29, 1.82) is 0 Å². The lowest BCUT2D eigenvalue weighted by atomic mass is 10.1. The van der Waals surface area contributed by atoms with Crippen molar-refractivity contribution in [2.45, 2.75) is 31.8 Å². The minimum atomic E-state index is -0.127. The lowest BCUT2D eigenvalue weighted by Crippen LogP contribution is -2.34. The molecule has 2 aliphatic heterocycles. The zero-order valence-corrected chi connectivity index (χ0v) is 22.2. The van der Waals surface area contributed by atoms with Crippen LogP contribution in [0.4, 0.5) is 11.5 Å². The summed E-state index contributed by atoms with van der Waals surface area (Å²) in [4.78, 5) is 37.3. The standard InChI is InChI=1S/C31H28N4O3S/c36-30(32-22-12-13-22)27-18-20-14-15-35(25-9-3-2-7-23(25)29(20)39-27)31(37)24-8-5-11-28(33-24)34-16-17-38-26-10-4-1-6-21(26)19-34/h1-11,18,22H,12-17,19H2,(H,32,36). The van der Waals surface area contributed by atoms with Crippen LogP contribution in [-0.2, 0) is 13.0 Å². The number of anilines is 2. The molecule has 1 aliphatic carbocycles. The lowest BCUT2D eigenvalue weighted by molar-refractivity contribution is 0.0952. The first kappa shape index (κ1) is 23.9. The molecule has 0 unspecified atom stereocenters. The number of pyridine rings is 1. The maximum absolute atomic E-state index is 14.0. The number of hydrogen-bond acceptors (Lipinski definition) is 6. The highest BCUT2D eigenvalue weighted by molar-refractivity contribution is 7.17. The SMILES string of the molecule is O=C(NC1CC1)c1cc2c(s1)-c1ccccc1N(C(=O)c1cccc(N3CCOc4ccccc4C3)n1)CC2. The molecule has 0 spiro atoms. The Kier molecular flexibility index (Phi) is 6.04. The number of carbonyl (C=O) groups excluding carboxylic acids is 2. The van der Waals surface area contributed by atoms with Gasteiger partial charge in [0.25, 0.3) is 11.8 Å². The summed E-state index contributed by atoms with van der Waals surface area (Å²) in [6, 6.07) is 24.0. The summed E-state index contributed by atoms with van der Waals surface area (Å²) in [6.07, 6.45) is 2.79. The van der Waals surface area contributed by atoms with Gasteiger partial charge in [0.05, 0.1) is 17.1 Å². The van der Waals surface area contributed by atoms with Crippen molar-refractivity contribution >= 4 is 34.7 Å². The van der Waals surface area contributed by atoms with Gasteiger partial charge in [-0.25, -0.2) is 4.98 Å². The smallest absolute Gasteiger partial charge is 0.276 e. The first-order valence-electron chi connectivity index (χ1n) is 13.4. The zero-order chi connectivity index (χ0) is 26.3. The number of ether oxygens (including phenoxy) is 1. The molecule has 2 aromatic heterocycles. The van der Waals surface area contributed by atoms with Crippen molar-refractivity contribution in [1.82, 2.24) is 10.3 Å². The average Bonchev–Trinajstić information content (AvgIpc) is 3.75. The van der Waals surface area contributed by atoms with Crippen molar-refractivity contribution in [3.63, 3.8) is 0 Å². The number of thiophene rings is 1. The molecule has 3 aliphatic rings. The summed E-state index contributed by atoms with van der Waals surface area (Å²) in [7, 11) is 0. The van der Waals surface area contributed by atoms with Crippen LogP contribution >= 0.6 is 11.3 Å². The molecule has 0 atom stereocenters. The van der Waals surface area contributed by atoms with E-state index in [0.29, 0.717) is 44.4 Å². The van der Waals surface area contributed by atoms with E-state index in [-0.39, 0.29) is 11.8 Å². The molecule has 0 bridgehead atoms. The third-order valence-electron chi connectivity index (χ3n) is 7.46. The second-order valence-corrected chi connectivity index (χ2v) is 11.2. The maximum Gasteiger partial charge on any atom is 0.276 e. The molecular formula is C31H28N4O3S. The molecule has 7 nitrogen and oxygen atoms in total. The molecule has 2 aromatic carbocycles. The summed E-state index contributed by atoms with van der Waals surface area (Å²) in [5, 5.41) is 3.10. The molecule has 0 radical (unpaired) electrons. The Hall–Kier alpha value is -4.17. The van der Waals surface area contributed by atoms with Crippen LogP contribution in [0.15, 0.2) is 72.8 Å². The molecule has 4 heterocycles. The van der Waals surface area contributed by atoms with Crippen LogP contribution in [0.1, 0.15) is 44.1 Å². The molecule has 4 aromatic rings. The Morgan fingerprint density at radius 1 is 0.949 bits per heavy atom. The van der Waals surface area contributed by atoms with Gasteiger partial charge in [-0.05, 0) is 55.2 Å². The molecule has 39 heavy (non-hydrogen) atoms. The maximum atomic E-state index is 14.0. The van der Waals surface area contributed by atoms with Gasteiger partial charge >= 0.3 is 0 Å². The van der Waals surface area contributed by atoms with Crippen LogP contribution in [0.2, 0.25) is 0 Å². The molecule has 1 saturated carbocycles. The largest absolute Gasteiger partial charge is 0.491 e. The van der Waals surface area contributed by atoms with E-state index in [1.54, 1.807) is 6.07 Å². The molecule has 1 N–H and O–H groups in total. The first-order chi connectivity index (χ1) is 19.1. The van der Waals surface area contributed by atoms with E-state index in [2.05, 4.69) is 16.3 Å². The number of para-hydroxylation sites is 2. The number of rotatable bonds is 4. The van der Waals surface area contributed by atoms with E-state index in [4.69, 9.17) is 9.72 Å². The molecule has 196 valence electrons. The van der Waals surface area contributed by atoms with Gasteiger partial charge in [-0.2, -0.15) is 0 Å². The van der Waals surface area contributed by atoms with Gasteiger partial charge in [-0.1, -0.05) is 42.5 Å². The van der Waals surface area contributed by atoms with Gasteiger partial charge in [0, 0.05) is 35.1 Å². The van der Waals surface area contributed by atoms with Gasteiger partial charge < -0.3 is 19.9 Å². The van der Waals surface area contributed by atoms with Crippen LogP contribution in [0.5, 0.6) is 5.75 Å². The van der Waals surface area contributed by atoms with E-state index in [1.807, 2.05) is 65.6 Å². The number of nitrogens with zero attached hydrogens (tertiary/aromatic N) is 3. The summed E-state index contributed by atoms with van der Waals surface area (Å²) in [5.74, 6) is 1.53. The molecule has 8 heteroatoms. The Bertz CT molecular complexity index is 1580. The molecular weight excluding hydrogens is 508 g/mol. The molecule has 2 amide bonds. The van der Waals surface area contributed by atoms with Crippen LogP contribution in [0.25, 0.3) is 10.4 Å². The van der Waals surface area contributed by atoms with E-state index < -0.39 is 0 Å². The summed E-state index contributed by atoms with van der Waals surface area (Å²) in [5.41, 5.74) is 4.45. The van der Waals surface area contributed by atoms with Crippen LogP contribution < -0.4 is 19.9 Å². The molecule has 0 saturated heterocycles. The summed E-state index contributed by atoms with van der Waals surface area (Å²) < 4.78 is 5.93. The number of carbonyl (C=O) groups is 2. The predicted molar refractivity (Wildman–Crippen MR) is 153 cm³/mol. The lowest BCUT2D eigenvalue weighted by Gasteiger charge is -2.24. The van der Waals surface area contributed by atoms with Crippen LogP contribution in [0.3, 0.4) is 0 Å². The van der Waals surface area contributed by atoms with Gasteiger partial charge in [0.1, 0.15) is 23.9 Å². The topological polar surface area (TPSA) is 74.8 Å². The number of nitrogens with one attached hydrogen (secondary N) is 1. The predicted octanol–water partition coefficient (Wildman–Crippen LogP) is 5.30. The van der Waals surface area contributed by atoms with Crippen molar-refractivity contribution in [3.05, 3.63) is 94.5 Å². The van der Waals surface area contributed by atoms with Gasteiger partial charge in [0.2, 0.25) is 0 Å². The monoisotopic (exact) mass is 536 g/mol. The average molecular weight is 537 g/mol. The van der Waals surface area contributed by atoms with Gasteiger partial charge in [-0.15, -0.1) is 11.3 Å². The fraction of sp³-hybridized carbons (Fsp3) is 0.258. The van der Waals surface area contributed by atoms with E-state index in [0.717, 1.165) is 56.5 Å². The first-order valence-corrected chi connectivity index (χ1v) is 14.2. The Morgan fingerprint density at radius 3 is 2.69 bits per heavy atom. The van der Waals surface area contributed by atoms with E-state index in [9.17, 15) is 9.59 Å². The highest BCUT2D eigenvalue weighted by atomic mass is 32.1.